The lowest BCUT2D eigenvalue weighted by Gasteiger charge is -2.32. The number of benzene rings is 1. The SMILES string of the molecule is CCOc1ccccc1OC[C@@H]1CN(C(=O)OC(C)OC(=O)[C@H](N)C(C)C)CCO1. The summed E-state index contributed by atoms with van der Waals surface area (Å²) in [6.07, 6.45) is -1.95. The summed E-state index contributed by atoms with van der Waals surface area (Å²) >= 11 is 0. The Hall–Kier alpha value is -2.52. The summed E-state index contributed by atoms with van der Waals surface area (Å²) in [6, 6.07) is 6.61. The number of hydrogen-bond acceptors (Lipinski definition) is 8. The molecule has 1 aromatic carbocycles. The maximum atomic E-state index is 12.4. The van der Waals surface area contributed by atoms with Crippen LogP contribution in [0.5, 0.6) is 11.5 Å². The van der Waals surface area contributed by atoms with Crippen molar-refractivity contribution in [3.63, 3.8) is 0 Å². The van der Waals surface area contributed by atoms with Gasteiger partial charge in [0.05, 0.1) is 19.8 Å². The number of para-hydroxylation sites is 2. The van der Waals surface area contributed by atoms with Crippen LogP contribution in [0, 0.1) is 5.92 Å². The zero-order valence-electron chi connectivity index (χ0n) is 18.0. The van der Waals surface area contributed by atoms with Crippen LogP contribution in [0.1, 0.15) is 27.7 Å². The van der Waals surface area contributed by atoms with Crippen LogP contribution in [0.3, 0.4) is 0 Å². The highest BCUT2D eigenvalue weighted by Crippen LogP contribution is 2.26. The third-order valence-electron chi connectivity index (χ3n) is 4.51. The first-order chi connectivity index (χ1) is 14.3. The minimum atomic E-state index is -1.04. The van der Waals surface area contributed by atoms with Crippen LogP contribution in [-0.4, -0.2) is 68.3 Å². The first-order valence-electron chi connectivity index (χ1n) is 10.2. The predicted molar refractivity (Wildman–Crippen MR) is 109 cm³/mol. The highest BCUT2D eigenvalue weighted by atomic mass is 16.7. The maximum absolute atomic E-state index is 12.4. The molecule has 1 aliphatic rings. The zero-order valence-corrected chi connectivity index (χ0v) is 18.0. The molecule has 0 radical (unpaired) electrons. The van der Waals surface area contributed by atoms with Crippen LogP contribution in [0.15, 0.2) is 24.3 Å². The maximum Gasteiger partial charge on any atom is 0.413 e. The molecule has 2 rings (SSSR count). The fourth-order valence-electron chi connectivity index (χ4n) is 2.77. The van der Waals surface area contributed by atoms with Crippen molar-refractivity contribution in [3.05, 3.63) is 24.3 Å². The average Bonchev–Trinajstić information content (AvgIpc) is 2.72. The number of rotatable bonds is 9. The number of hydrogen-bond donors (Lipinski definition) is 1. The second-order valence-electron chi connectivity index (χ2n) is 7.29. The van der Waals surface area contributed by atoms with Gasteiger partial charge in [-0.3, -0.25) is 4.79 Å². The van der Waals surface area contributed by atoms with E-state index >= 15 is 0 Å². The lowest BCUT2D eigenvalue weighted by Crippen LogP contribution is -2.48. The van der Waals surface area contributed by atoms with Crippen molar-refractivity contribution in [3.8, 4) is 11.5 Å². The van der Waals surface area contributed by atoms with E-state index in [-0.39, 0.29) is 18.6 Å². The van der Waals surface area contributed by atoms with E-state index < -0.39 is 24.4 Å². The van der Waals surface area contributed by atoms with E-state index in [1.165, 1.54) is 11.8 Å². The Labute approximate surface area is 177 Å². The topological polar surface area (TPSA) is 110 Å². The summed E-state index contributed by atoms with van der Waals surface area (Å²) in [5.41, 5.74) is 5.75. The molecule has 1 amide bonds. The molecule has 1 saturated heterocycles. The van der Waals surface area contributed by atoms with Crippen LogP contribution >= 0.6 is 0 Å². The minimum Gasteiger partial charge on any atom is -0.490 e. The average molecular weight is 424 g/mol. The second-order valence-corrected chi connectivity index (χ2v) is 7.29. The van der Waals surface area contributed by atoms with Crippen LogP contribution in [0.25, 0.3) is 0 Å². The molecule has 1 fully saturated rings. The van der Waals surface area contributed by atoms with Gasteiger partial charge in [-0.25, -0.2) is 4.79 Å². The molecule has 0 saturated carbocycles. The van der Waals surface area contributed by atoms with Gasteiger partial charge in [0, 0.05) is 13.5 Å². The van der Waals surface area contributed by atoms with E-state index in [1.807, 2.05) is 45.0 Å². The summed E-state index contributed by atoms with van der Waals surface area (Å²) in [6.45, 7) is 8.80. The Morgan fingerprint density at radius 2 is 1.83 bits per heavy atom. The van der Waals surface area contributed by atoms with E-state index in [9.17, 15) is 9.59 Å². The number of esters is 1. The Bertz CT molecular complexity index is 698. The molecule has 1 unspecified atom stereocenters. The molecular formula is C21H32N2O7. The number of carbonyl (C=O) groups excluding carboxylic acids is 2. The first-order valence-corrected chi connectivity index (χ1v) is 10.2. The lowest BCUT2D eigenvalue weighted by atomic mass is 10.1. The van der Waals surface area contributed by atoms with Gasteiger partial charge in [0.1, 0.15) is 18.8 Å². The van der Waals surface area contributed by atoms with Crippen molar-refractivity contribution in [2.45, 2.75) is 46.1 Å². The molecule has 1 heterocycles. The second kappa shape index (κ2) is 11.6. The summed E-state index contributed by atoms with van der Waals surface area (Å²) < 4.78 is 27.4. The van der Waals surface area contributed by atoms with Gasteiger partial charge >= 0.3 is 12.1 Å². The van der Waals surface area contributed by atoms with Gasteiger partial charge in [0.25, 0.3) is 0 Å². The quantitative estimate of drug-likeness (QED) is 0.474. The van der Waals surface area contributed by atoms with E-state index in [1.54, 1.807) is 0 Å². The summed E-state index contributed by atoms with van der Waals surface area (Å²) in [4.78, 5) is 25.8. The van der Waals surface area contributed by atoms with Crippen LogP contribution in [0.2, 0.25) is 0 Å². The van der Waals surface area contributed by atoms with Gasteiger partial charge in [0.2, 0.25) is 6.29 Å². The zero-order chi connectivity index (χ0) is 22.1. The molecule has 2 N–H and O–H groups in total. The molecule has 9 nitrogen and oxygen atoms in total. The monoisotopic (exact) mass is 424 g/mol. The Morgan fingerprint density at radius 3 is 2.47 bits per heavy atom. The number of ether oxygens (including phenoxy) is 5. The normalized spacial score (nSPS) is 18.5. The van der Waals surface area contributed by atoms with Gasteiger partial charge in [-0.05, 0) is 25.0 Å². The largest absolute Gasteiger partial charge is 0.490 e. The van der Waals surface area contributed by atoms with E-state index in [2.05, 4.69) is 0 Å². The third-order valence-corrected chi connectivity index (χ3v) is 4.51. The Morgan fingerprint density at radius 1 is 1.17 bits per heavy atom. The van der Waals surface area contributed by atoms with Gasteiger partial charge in [-0.2, -0.15) is 0 Å². The number of morpholine rings is 1. The number of nitrogens with two attached hydrogens (primary N) is 1. The van der Waals surface area contributed by atoms with Crippen molar-refractivity contribution in [1.29, 1.82) is 0 Å². The van der Waals surface area contributed by atoms with Crippen molar-refractivity contribution < 1.29 is 33.3 Å². The smallest absolute Gasteiger partial charge is 0.413 e. The van der Waals surface area contributed by atoms with Crippen molar-refractivity contribution in [2.75, 3.05) is 32.9 Å². The molecule has 168 valence electrons. The van der Waals surface area contributed by atoms with Gasteiger partial charge in [0.15, 0.2) is 11.5 Å². The summed E-state index contributed by atoms with van der Waals surface area (Å²) in [5, 5.41) is 0. The molecule has 0 aromatic heterocycles. The van der Waals surface area contributed by atoms with Crippen molar-refractivity contribution in [1.82, 2.24) is 4.90 Å². The van der Waals surface area contributed by atoms with E-state index in [4.69, 9.17) is 29.4 Å². The lowest BCUT2D eigenvalue weighted by molar-refractivity contribution is -0.169. The van der Waals surface area contributed by atoms with E-state index in [0.29, 0.717) is 37.8 Å². The number of amides is 1. The molecule has 0 bridgehead atoms. The van der Waals surface area contributed by atoms with Crippen molar-refractivity contribution in [2.24, 2.45) is 11.7 Å². The summed E-state index contributed by atoms with van der Waals surface area (Å²) in [5.74, 6) is 0.590. The molecule has 0 aliphatic carbocycles. The van der Waals surface area contributed by atoms with Gasteiger partial charge in [-0.15, -0.1) is 0 Å². The predicted octanol–water partition coefficient (Wildman–Crippen LogP) is 2.17. The van der Waals surface area contributed by atoms with Gasteiger partial charge in [-0.1, -0.05) is 26.0 Å². The van der Waals surface area contributed by atoms with Crippen LogP contribution in [-0.2, 0) is 19.0 Å². The van der Waals surface area contributed by atoms with Gasteiger partial charge < -0.3 is 34.3 Å². The molecule has 30 heavy (non-hydrogen) atoms. The minimum absolute atomic E-state index is 0.0757. The third kappa shape index (κ3) is 7.07. The van der Waals surface area contributed by atoms with Crippen LogP contribution in [0.4, 0.5) is 4.79 Å². The fraction of sp³-hybridized carbons (Fsp3) is 0.619. The highest BCUT2D eigenvalue weighted by molar-refractivity contribution is 5.76. The van der Waals surface area contributed by atoms with E-state index in [0.717, 1.165) is 0 Å². The Balaban J connectivity index is 1.82. The number of carbonyl (C=O) groups is 2. The highest BCUT2D eigenvalue weighted by Gasteiger charge is 2.28. The van der Waals surface area contributed by atoms with Crippen LogP contribution < -0.4 is 15.2 Å². The fourth-order valence-corrected chi connectivity index (χ4v) is 2.77. The molecule has 0 spiro atoms. The molecule has 1 aliphatic heterocycles. The van der Waals surface area contributed by atoms with Crippen molar-refractivity contribution >= 4 is 12.1 Å². The standard InChI is InChI=1S/C21H32N2O7/c1-5-26-17-8-6-7-9-18(17)28-13-16-12-23(10-11-27-16)21(25)30-15(4)29-20(24)19(22)14(2)3/h6-9,14-16,19H,5,10-13,22H2,1-4H3/t15?,16-,19+/m0/s1. The first kappa shape index (κ1) is 23.8. The molecule has 3 atom stereocenters. The molecule has 1 aromatic rings. The number of nitrogens with zero attached hydrogens (tertiary/aromatic N) is 1. The molecule has 9 heteroatoms. The molecular weight excluding hydrogens is 392 g/mol. The Kier molecular flexibility index (Phi) is 9.19. The summed E-state index contributed by atoms with van der Waals surface area (Å²) in [7, 11) is 0.